The molecular weight excluding hydrogens is 295 g/mol. The van der Waals surface area contributed by atoms with Gasteiger partial charge in [-0.1, -0.05) is 0 Å². The van der Waals surface area contributed by atoms with Crippen molar-refractivity contribution in [2.45, 2.75) is 37.5 Å². The molecule has 1 aromatic heterocycles. The first kappa shape index (κ1) is 15.5. The zero-order valence-electron chi connectivity index (χ0n) is 10.7. The molecule has 9 heteroatoms. The van der Waals surface area contributed by atoms with Crippen LogP contribution in [0.25, 0.3) is 0 Å². The Hall–Kier alpha value is -0.930. The van der Waals surface area contributed by atoms with Gasteiger partial charge in [-0.25, -0.2) is 4.98 Å². The third kappa shape index (κ3) is 4.57. The molecule has 2 rings (SSSR count). The maximum Gasteiger partial charge on any atom is 0.390 e. The maximum atomic E-state index is 12.3. The summed E-state index contributed by atoms with van der Waals surface area (Å²) < 4.78 is 41.1. The number of nitrogens with zero attached hydrogens (tertiary/aromatic N) is 3. The molecule has 1 aliphatic rings. The van der Waals surface area contributed by atoms with E-state index in [2.05, 4.69) is 9.36 Å². The standard InChI is InChI=1S/C11H16F3N3O2S/c12-11(13,14)3-4-17(5-8(19)6-18)10-15-9(16-20-10)7-1-2-7/h7-8,18-19H,1-6H2/t8-/m0/s1. The Labute approximate surface area is 118 Å². The second kappa shape index (κ2) is 6.23. The summed E-state index contributed by atoms with van der Waals surface area (Å²) in [5.41, 5.74) is 0. The molecule has 1 saturated carbocycles. The van der Waals surface area contributed by atoms with Crippen LogP contribution in [0.15, 0.2) is 0 Å². The molecule has 0 aliphatic heterocycles. The molecule has 0 spiro atoms. The molecule has 0 aromatic carbocycles. The third-order valence-corrected chi connectivity index (χ3v) is 3.74. The lowest BCUT2D eigenvalue weighted by atomic mass is 10.3. The number of hydrogen-bond acceptors (Lipinski definition) is 6. The fourth-order valence-electron chi connectivity index (χ4n) is 1.70. The fourth-order valence-corrected chi connectivity index (χ4v) is 2.48. The molecule has 0 radical (unpaired) electrons. The van der Waals surface area contributed by atoms with E-state index in [4.69, 9.17) is 5.11 Å². The van der Waals surface area contributed by atoms with E-state index in [0.29, 0.717) is 16.9 Å². The molecule has 5 nitrogen and oxygen atoms in total. The number of hydrogen-bond donors (Lipinski definition) is 2. The second-order valence-corrected chi connectivity index (χ2v) is 5.59. The number of anilines is 1. The summed E-state index contributed by atoms with van der Waals surface area (Å²) in [5, 5.41) is 18.6. The van der Waals surface area contributed by atoms with Gasteiger partial charge in [-0.2, -0.15) is 17.5 Å². The van der Waals surface area contributed by atoms with Crippen LogP contribution < -0.4 is 4.90 Å². The average molecular weight is 311 g/mol. The highest BCUT2D eigenvalue weighted by Gasteiger charge is 2.31. The van der Waals surface area contributed by atoms with E-state index in [1.807, 2.05) is 0 Å². The number of aliphatic hydroxyl groups excluding tert-OH is 2. The number of aliphatic hydroxyl groups is 2. The summed E-state index contributed by atoms with van der Waals surface area (Å²) in [6.07, 6.45) is -4.34. The molecular formula is C11H16F3N3O2S. The van der Waals surface area contributed by atoms with Crippen molar-refractivity contribution in [2.24, 2.45) is 0 Å². The first-order valence-corrected chi connectivity index (χ1v) is 7.10. The van der Waals surface area contributed by atoms with Crippen LogP contribution in [0.1, 0.15) is 31.0 Å². The summed E-state index contributed by atoms with van der Waals surface area (Å²) in [5.74, 6) is 0.993. The number of aromatic nitrogens is 2. The van der Waals surface area contributed by atoms with Gasteiger partial charge in [-0.15, -0.1) is 0 Å². The van der Waals surface area contributed by atoms with Crippen molar-refractivity contribution in [3.05, 3.63) is 5.82 Å². The van der Waals surface area contributed by atoms with Crippen LogP contribution in [0.3, 0.4) is 0 Å². The van der Waals surface area contributed by atoms with Gasteiger partial charge in [0.15, 0.2) is 0 Å². The van der Waals surface area contributed by atoms with E-state index < -0.39 is 25.3 Å². The van der Waals surface area contributed by atoms with Crippen molar-refractivity contribution in [1.29, 1.82) is 0 Å². The molecule has 1 aromatic rings. The van der Waals surface area contributed by atoms with Gasteiger partial charge in [0.2, 0.25) is 5.13 Å². The van der Waals surface area contributed by atoms with Crippen LogP contribution in [0.2, 0.25) is 0 Å². The van der Waals surface area contributed by atoms with E-state index in [1.165, 1.54) is 4.90 Å². The molecule has 0 amide bonds. The zero-order chi connectivity index (χ0) is 14.8. The van der Waals surface area contributed by atoms with Crippen LogP contribution in [-0.4, -0.2) is 51.5 Å². The monoisotopic (exact) mass is 311 g/mol. The average Bonchev–Trinajstić information content (AvgIpc) is 3.11. The molecule has 1 fully saturated rings. The van der Waals surface area contributed by atoms with Gasteiger partial charge in [-0.3, -0.25) is 0 Å². The minimum Gasteiger partial charge on any atom is -0.394 e. The van der Waals surface area contributed by atoms with Gasteiger partial charge in [0.05, 0.1) is 19.1 Å². The summed E-state index contributed by atoms with van der Waals surface area (Å²) in [7, 11) is 0. The Morgan fingerprint density at radius 3 is 2.65 bits per heavy atom. The van der Waals surface area contributed by atoms with Gasteiger partial charge in [-0.05, 0) is 12.8 Å². The number of rotatable bonds is 7. The topological polar surface area (TPSA) is 69.5 Å². The minimum absolute atomic E-state index is 0.0914. The predicted octanol–water partition coefficient (Wildman–Crippen LogP) is 1.53. The molecule has 1 atom stereocenters. The van der Waals surface area contributed by atoms with Gasteiger partial charge >= 0.3 is 6.18 Å². The van der Waals surface area contributed by atoms with Crippen molar-refractivity contribution in [3.63, 3.8) is 0 Å². The van der Waals surface area contributed by atoms with Crippen LogP contribution in [-0.2, 0) is 0 Å². The summed E-state index contributed by atoms with van der Waals surface area (Å²) in [6, 6.07) is 0. The number of alkyl halides is 3. The van der Waals surface area contributed by atoms with Crippen LogP contribution in [0, 0.1) is 0 Å². The Kier molecular flexibility index (Phi) is 4.82. The van der Waals surface area contributed by atoms with Crippen molar-refractivity contribution < 1.29 is 23.4 Å². The molecule has 2 N–H and O–H groups in total. The van der Waals surface area contributed by atoms with E-state index in [9.17, 15) is 18.3 Å². The lowest BCUT2D eigenvalue weighted by molar-refractivity contribution is -0.132. The highest BCUT2D eigenvalue weighted by atomic mass is 32.1. The van der Waals surface area contributed by atoms with Crippen molar-refractivity contribution >= 4 is 16.7 Å². The van der Waals surface area contributed by atoms with Gasteiger partial charge in [0.1, 0.15) is 5.82 Å². The molecule has 1 heterocycles. The lowest BCUT2D eigenvalue weighted by Gasteiger charge is -2.24. The maximum absolute atomic E-state index is 12.3. The zero-order valence-corrected chi connectivity index (χ0v) is 11.5. The van der Waals surface area contributed by atoms with Crippen molar-refractivity contribution in [3.8, 4) is 0 Å². The lowest BCUT2D eigenvalue weighted by Crippen LogP contribution is -2.36. The van der Waals surface area contributed by atoms with Gasteiger partial charge < -0.3 is 15.1 Å². The Morgan fingerprint density at radius 2 is 2.10 bits per heavy atom. The van der Waals surface area contributed by atoms with E-state index in [1.54, 1.807) is 0 Å². The smallest absolute Gasteiger partial charge is 0.390 e. The Bertz CT molecular complexity index is 437. The molecule has 0 saturated heterocycles. The molecule has 1 aliphatic carbocycles. The molecule has 0 bridgehead atoms. The third-order valence-electron chi connectivity index (χ3n) is 2.95. The minimum atomic E-state index is -4.27. The SMILES string of the molecule is OC[C@@H](O)CN(CCC(F)(F)F)c1nc(C2CC2)ns1. The highest BCUT2D eigenvalue weighted by Crippen LogP contribution is 2.39. The van der Waals surface area contributed by atoms with E-state index in [-0.39, 0.29) is 13.1 Å². The summed E-state index contributed by atoms with van der Waals surface area (Å²) in [4.78, 5) is 5.57. The predicted molar refractivity (Wildman–Crippen MR) is 67.9 cm³/mol. The van der Waals surface area contributed by atoms with E-state index in [0.717, 1.165) is 24.4 Å². The van der Waals surface area contributed by atoms with Crippen LogP contribution >= 0.6 is 11.5 Å². The normalized spacial score (nSPS) is 17.2. The highest BCUT2D eigenvalue weighted by molar-refractivity contribution is 7.09. The first-order chi connectivity index (χ1) is 9.39. The Morgan fingerprint density at radius 1 is 1.40 bits per heavy atom. The van der Waals surface area contributed by atoms with Gasteiger partial charge in [0, 0.05) is 30.5 Å². The molecule has 114 valence electrons. The van der Waals surface area contributed by atoms with Gasteiger partial charge in [0.25, 0.3) is 0 Å². The van der Waals surface area contributed by atoms with Crippen molar-refractivity contribution in [2.75, 3.05) is 24.6 Å². The summed E-state index contributed by atoms with van der Waals surface area (Å²) >= 11 is 1.03. The van der Waals surface area contributed by atoms with Crippen LogP contribution in [0.4, 0.5) is 18.3 Å². The summed E-state index contributed by atoms with van der Waals surface area (Å²) in [6.45, 7) is -0.900. The largest absolute Gasteiger partial charge is 0.394 e. The quantitative estimate of drug-likeness (QED) is 0.799. The number of halogens is 3. The molecule has 20 heavy (non-hydrogen) atoms. The van der Waals surface area contributed by atoms with Crippen molar-refractivity contribution in [1.82, 2.24) is 9.36 Å². The second-order valence-electron chi connectivity index (χ2n) is 4.86. The Balaban J connectivity index is 2.02. The van der Waals surface area contributed by atoms with E-state index >= 15 is 0 Å². The first-order valence-electron chi connectivity index (χ1n) is 6.33. The molecule has 0 unspecified atom stereocenters. The van der Waals surface area contributed by atoms with Crippen LogP contribution in [0.5, 0.6) is 0 Å². The fraction of sp³-hybridized carbons (Fsp3) is 0.818.